The highest BCUT2D eigenvalue weighted by Gasteiger charge is 2.24. The highest BCUT2D eigenvalue weighted by molar-refractivity contribution is 14.1. The Morgan fingerprint density at radius 3 is 2.94 bits per heavy atom. The van der Waals surface area contributed by atoms with Gasteiger partial charge in [0.1, 0.15) is 0 Å². The Labute approximate surface area is 122 Å². The number of likely N-dealkylation sites (tertiary alicyclic amines) is 1. The van der Waals surface area contributed by atoms with Gasteiger partial charge in [-0.3, -0.25) is 4.79 Å². The summed E-state index contributed by atoms with van der Waals surface area (Å²) >= 11 is 2.28. The van der Waals surface area contributed by atoms with Crippen LogP contribution in [0.15, 0.2) is 18.2 Å². The first-order valence-corrected chi connectivity index (χ1v) is 7.39. The van der Waals surface area contributed by atoms with E-state index in [0.29, 0.717) is 0 Å². The molecular weight excluding hydrogens is 339 g/mol. The van der Waals surface area contributed by atoms with E-state index in [1.807, 2.05) is 19.1 Å². The van der Waals surface area contributed by atoms with Crippen molar-refractivity contribution >= 4 is 34.2 Å². The molecule has 2 rings (SSSR count). The van der Waals surface area contributed by atoms with Gasteiger partial charge in [-0.15, -0.1) is 0 Å². The van der Waals surface area contributed by atoms with Crippen molar-refractivity contribution in [2.45, 2.75) is 19.8 Å². The van der Waals surface area contributed by atoms with E-state index in [0.717, 1.165) is 37.2 Å². The standard InChI is InChI=1S/C14H19IN2O/c1-10-8-12(15)5-6-13(10)16-14(18)11-4-3-7-17(2)9-11/h5-6,8,11H,3-4,7,9H2,1-2H3,(H,16,18). The first-order chi connectivity index (χ1) is 8.56. The lowest BCUT2D eigenvalue weighted by Crippen LogP contribution is -2.38. The fourth-order valence-electron chi connectivity index (χ4n) is 2.38. The van der Waals surface area contributed by atoms with Crippen LogP contribution in [0.4, 0.5) is 5.69 Å². The molecule has 98 valence electrons. The smallest absolute Gasteiger partial charge is 0.228 e. The highest BCUT2D eigenvalue weighted by Crippen LogP contribution is 2.21. The SMILES string of the molecule is Cc1cc(I)ccc1NC(=O)C1CCCN(C)C1. The molecular formula is C14H19IN2O. The van der Waals surface area contributed by atoms with Gasteiger partial charge in [-0.2, -0.15) is 0 Å². The van der Waals surface area contributed by atoms with Crippen molar-refractivity contribution in [3.05, 3.63) is 27.3 Å². The first-order valence-electron chi connectivity index (χ1n) is 6.32. The van der Waals surface area contributed by atoms with Crippen molar-refractivity contribution < 1.29 is 4.79 Å². The van der Waals surface area contributed by atoms with Crippen LogP contribution in [0.2, 0.25) is 0 Å². The van der Waals surface area contributed by atoms with Crippen LogP contribution in [-0.4, -0.2) is 30.9 Å². The minimum Gasteiger partial charge on any atom is -0.326 e. The number of anilines is 1. The number of carbonyl (C=O) groups excluding carboxylic acids is 1. The molecule has 0 saturated carbocycles. The van der Waals surface area contributed by atoms with Gasteiger partial charge in [-0.1, -0.05) is 0 Å². The molecule has 1 aliphatic heterocycles. The van der Waals surface area contributed by atoms with Gasteiger partial charge >= 0.3 is 0 Å². The summed E-state index contributed by atoms with van der Waals surface area (Å²) in [6.07, 6.45) is 2.11. The summed E-state index contributed by atoms with van der Waals surface area (Å²) in [5.41, 5.74) is 2.06. The molecule has 4 heteroatoms. The minimum atomic E-state index is 0.127. The predicted molar refractivity (Wildman–Crippen MR) is 82.7 cm³/mol. The average Bonchev–Trinajstić information content (AvgIpc) is 2.32. The molecule has 0 aliphatic carbocycles. The van der Waals surface area contributed by atoms with Gasteiger partial charge in [0.2, 0.25) is 5.91 Å². The molecule has 1 amide bonds. The monoisotopic (exact) mass is 358 g/mol. The third-order valence-electron chi connectivity index (χ3n) is 3.44. The number of carbonyl (C=O) groups is 1. The Morgan fingerprint density at radius 1 is 1.50 bits per heavy atom. The Morgan fingerprint density at radius 2 is 2.28 bits per heavy atom. The van der Waals surface area contributed by atoms with Crippen molar-refractivity contribution in [1.82, 2.24) is 4.90 Å². The third kappa shape index (κ3) is 3.45. The number of nitrogens with one attached hydrogen (secondary N) is 1. The summed E-state index contributed by atoms with van der Waals surface area (Å²) in [4.78, 5) is 14.4. The topological polar surface area (TPSA) is 32.3 Å². The number of hydrogen-bond donors (Lipinski definition) is 1. The maximum atomic E-state index is 12.2. The lowest BCUT2D eigenvalue weighted by atomic mass is 9.97. The Hall–Kier alpha value is -0.620. The van der Waals surface area contributed by atoms with Gasteiger partial charge in [-0.05, 0) is 79.7 Å². The van der Waals surface area contributed by atoms with E-state index in [4.69, 9.17) is 0 Å². The second-order valence-corrected chi connectivity index (χ2v) is 6.30. The predicted octanol–water partition coefficient (Wildman–Crippen LogP) is 2.88. The molecule has 0 aromatic heterocycles. The highest BCUT2D eigenvalue weighted by atomic mass is 127. The Balaban J connectivity index is 2.02. The van der Waals surface area contributed by atoms with Crippen molar-refractivity contribution in [2.24, 2.45) is 5.92 Å². The quantitative estimate of drug-likeness (QED) is 0.825. The zero-order valence-corrected chi connectivity index (χ0v) is 13.0. The third-order valence-corrected chi connectivity index (χ3v) is 4.11. The van der Waals surface area contributed by atoms with Crippen molar-refractivity contribution in [2.75, 3.05) is 25.5 Å². The fraction of sp³-hybridized carbons (Fsp3) is 0.500. The molecule has 0 bridgehead atoms. The van der Waals surface area contributed by atoms with E-state index in [1.54, 1.807) is 0 Å². The van der Waals surface area contributed by atoms with Crippen LogP contribution >= 0.6 is 22.6 Å². The number of halogens is 1. The summed E-state index contributed by atoms with van der Waals surface area (Å²) in [6.45, 7) is 4.01. The fourth-order valence-corrected chi connectivity index (χ4v) is 3.03. The second-order valence-electron chi connectivity index (χ2n) is 5.05. The summed E-state index contributed by atoms with van der Waals surface area (Å²) in [5.74, 6) is 0.285. The molecule has 1 fully saturated rings. The average molecular weight is 358 g/mol. The number of nitrogens with zero attached hydrogens (tertiary/aromatic N) is 1. The van der Waals surface area contributed by atoms with Crippen LogP contribution in [0.3, 0.4) is 0 Å². The number of aryl methyl sites for hydroxylation is 1. The van der Waals surface area contributed by atoms with E-state index in [2.05, 4.69) is 45.9 Å². The van der Waals surface area contributed by atoms with E-state index in [1.165, 1.54) is 3.57 Å². The lowest BCUT2D eigenvalue weighted by Gasteiger charge is -2.28. The molecule has 1 aromatic carbocycles. The molecule has 18 heavy (non-hydrogen) atoms. The number of hydrogen-bond acceptors (Lipinski definition) is 2. The van der Waals surface area contributed by atoms with Gasteiger partial charge in [0.25, 0.3) is 0 Å². The van der Waals surface area contributed by atoms with Crippen molar-refractivity contribution in [1.29, 1.82) is 0 Å². The van der Waals surface area contributed by atoms with E-state index in [9.17, 15) is 4.79 Å². The molecule has 1 N–H and O–H groups in total. The summed E-state index contributed by atoms with van der Waals surface area (Å²) in [6, 6.07) is 6.10. The van der Waals surface area contributed by atoms with E-state index in [-0.39, 0.29) is 11.8 Å². The maximum Gasteiger partial charge on any atom is 0.228 e. The van der Waals surface area contributed by atoms with Crippen LogP contribution < -0.4 is 5.32 Å². The first kappa shape index (κ1) is 13.8. The summed E-state index contributed by atoms with van der Waals surface area (Å²) < 4.78 is 1.19. The van der Waals surface area contributed by atoms with Gasteiger partial charge < -0.3 is 10.2 Å². The van der Waals surface area contributed by atoms with Gasteiger partial charge in [0, 0.05) is 15.8 Å². The normalized spacial score (nSPS) is 20.7. The molecule has 0 spiro atoms. The number of benzene rings is 1. The van der Waals surface area contributed by atoms with Crippen LogP contribution in [0.1, 0.15) is 18.4 Å². The Bertz CT molecular complexity index is 447. The Kier molecular flexibility index (Phi) is 4.61. The van der Waals surface area contributed by atoms with Crippen LogP contribution in [0.5, 0.6) is 0 Å². The van der Waals surface area contributed by atoms with Gasteiger partial charge in [-0.25, -0.2) is 0 Å². The van der Waals surface area contributed by atoms with E-state index >= 15 is 0 Å². The van der Waals surface area contributed by atoms with Crippen LogP contribution in [0.25, 0.3) is 0 Å². The number of amides is 1. The van der Waals surface area contributed by atoms with Gasteiger partial charge in [0.15, 0.2) is 0 Å². The second kappa shape index (κ2) is 6.02. The molecule has 1 heterocycles. The number of rotatable bonds is 2. The zero-order valence-electron chi connectivity index (χ0n) is 10.9. The number of piperidine rings is 1. The molecule has 1 unspecified atom stereocenters. The summed E-state index contributed by atoms with van der Waals surface area (Å²) in [5, 5.41) is 3.06. The van der Waals surface area contributed by atoms with Crippen LogP contribution in [0, 0.1) is 16.4 Å². The molecule has 0 radical (unpaired) electrons. The minimum absolute atomic E-state index is 0.127. The zero-order chi connectivity index (χ0) is 13.1. The molecule has 3 nitrogen and oxygen atoms in total. The van der Waals surface area contributed by atoms with E-state index < -0.39 is 0 Å². The molecule has 1 aliphatic rings. The largest absolute Gasteiger partial charge is 0.326 e. The maximum absolute atomic E-state index is 12.2. The lowest BCUT2D eigenvalue weighted by molar-refractivity contribution is -0.121. The van der Waals surface area contributed by atoms with Gasteiger partial charge in [0.05, 0.1) is 5.92 Å². The van der Waals surface area contributed by atoms with Crippen molar-refractivity contribution in [3.63, 3.8) is 0 Å². The molecule has 1 saturated heterocycles. The molecule has 1 atom stereocenters. The van der Waals surface area contributed by atoms with Crippen LogP contribution in [-0.2, 0) is 4.79 Å². The van der Waals surface area contributed by atoms with Crippen molar-refractivity contribution in [3.8, 4) is 0 Å². The summed E-state index contributed by atoms with van der Waals surface area (Å²) in [7, 11) is 2.08. The molecule has 1 aromatic rings.